The number of halogens is 1. The van der Waals surface area contributed by atoms with Crippen molar-refractivity contribution in [2.45, 2.75) is 36.9 Å². The molecule has 9 heteroatoms. The number of ether oxygens (including phenoxy) is 1. The molecule has 2 aromatic heterocycles. The molecule has 0 radical (unpaired) electrons. The summed E-state index contributed by atoms with van der Waals surface area (Å²) in [5.41, 5.74) is 2.05. The Bertz CT molecular complexity index is 1170. The van der Waals surface area contributed by atoms with Crippen molar-refractivity contribution in [3.05, 3.63) is 82.3 Å². The highest BCUT2D eigenvalue weighted by Crippen LogP contribution is 2.27. The zero-order chi connectivity index (χ0) is 22.5. The van der Waals surface area contributed by atoms with Crippen molar-refractivity contribution in [3.63, 3.8) is 0 Å². The van der Waals surface area contributed by atoms with E-state index in [1.54, 1.807) is 35.2 Å². The number of aromatic nitrogens is 4. The monoisotopic (exact) mass is 481 g/mol. The predicted octanol–water partition coefficient (Wildman–Crippen LogP) is 5.33. The van der Waals surface area contributed by atoms with Crippen molar-refractivity contribution in [3.8, 4) is 11.4 Å². The van der Waals surface area contributed by atoms with Crippen LogP contribution in [-0.2, 0) is 18.9 Å². The van der Waals surface area contributed by atoms with Crippen LogP contribution in [0, 0.1) is 5.82 Å². The van der Waals surface area contributed by atoms with Gasteiger partial charge >= 0.3 is 0 Å². The molecule has 0 atom stereocenters. The second-order valence-electron chi connectivity index (χ2n) is 7.82. The third kappa shape index (κ3) is 5.61. The van der Waals surface area contributed by atoms with Crippen LogP contribution in [0.2, 0.25) is 0 Å². The zero-order valence-corrected chi connectivity index (χ0v) is 19.7. The zero-order valence-electron chi connectivity index (χ0n) is 18.1. The van der Waals surface area contributed by atoms with Gasteiger partial charge in [0.15, 0.2) is 11.0 Å². The number of para-hydroxylation sites is 1. The number of hydrogen-bond acceptors (Lipinski definition) is 7. The van der Waals surface area contributed by atoms with Gasteiger partial charge in [-0.15, -0.1) is 21.5 Å². The first-order chi connectivity index (χ1) is 16.2. The van der Waals surface area contributed by atoms with Crippen LogP contribution in [0.4, 0.5) is 4.39 Å². The molecule has 0 bridgehead atoms. The fourth-order valence-corrected chi connectivity index (χ4v) is 5.44. The third-order valence-corrected chi connectivity index (χ3v) is 7.24. The van der Waals surface area contributed by atoms with E-state index in [1.807, 2.05) is 23.6 Å². The number of thioether (sulfide) groups is 1. The van der Waals surface area contributed by atoms with Gasteiger partial charge in [0.05, 0.1) is 12.2 Å². The van der Waals surface area contributed by atoms with Crippen LogP contribution in [0.15, 0.2) is 65.1 Å². The average Bonchev–Trinajstić information content (AvgIpc) is 3.60. The molecule has 6 nitrogen and oxygen atoms in total. The maximum Gasteiger partial charge on any atom is 0.196 e. The Morgan fingerprint density at radius 1 is 1.00 bits per heavy atom. The van der Waals surface area contributed by atoms with Gasteiger partial charge in [0.25, 0.3) is 0 Å². The third-order valence-electron chi connectivity index (χ3n) is 5.40. The minimum atomic E-state index is -0.275. The van der Waals surface area contributed by atoms with E-state index < -0.39 is 0 Å². The topological polar surface area (TPSA) is 56.1 Å². The SMILES string of the molecule is Fc1ccc(OCc2nc(CSc3nnc(CN4CCCC4)n3-c3ccccc3)cs2)cc1. The van der Waals surface area contributed by atoms with Crippen LogP contribution in [0.3, 0.4) is 0 Å². The lowest BCUT2D eigenvalue weighted by molar-refractivity contribution is 0.305. The number of likely N-dealkylation sites (tertiary alicyclic amines) is 1. The van der Waals surface area contributed by atoms with E-state index in [1.165, 1.54) is 25.0 Å². The van der Waals surface area contributed by atoms with Crippen LogP contribution < -0.4 is 4.74 Å². The Morgan fingerprint density at radius 2 is 1.79 bits per heavy atom. The first-order valence-electron chi connectivity index (χ1n) is 10.9. The molecule has 1 aliphatic heterocycles. The smallest absolute Gasteiger partial charge is 0.196 e. The summed E-state index contributed by atoms with van der Waals surface area (Å²) in [6.07, 6.45) is 2.50. The van der Waals surface area contributed by atoms with Crippen LogP contribution in [0.1, 0.15) is 29.4 Å². The van der Waals surface area contributed by atoms with E-state index >= 15 is 0 Å². The minimum Gasteiger partial charge on any atom is -0.486 e. The maximum atomic E-state index is 13.0. The van der Waals surface area contributed by atoms with Crippen LogP contribution in [0.5, 0.6) is 5.75 Å². The van der Waals surface area contributed by atoms with E-state index in [-0.39, 0.29) is 5.82 Å². The molecule has 170 valence electrons. The molecule has 0 saturated carbocycles. The lowest BCUT2D eigenvalue weighted by Gasteiger charge is -2.15. The van der Waals surface area contributed by atoms with E-state index in [0.29, 0.717) is 18.1 Å². The summed E-state index contributed by atoms with van der Waals surface area (Å²) in [6, 6.07) is 16.3. The molecule has 33 heavy (non-hydrogen) atoms. The van der Waals surface area contributed by atoms with Gasteiger partial charge in [0.1, 0.15) is 23.2 Å². The molecule has 4 aromatic rings. The fraction of sp³-hybridized carbons (Fsp3) is 0.292. The van der Waals surface area contributed by atoms with Crippen LogP contribution >= 0.6 is 23.1 Å². The lowest BCUT2D eigenvalue weighted by atomic mass is 10.3. The molecule has 1 fully saturated rings. The Kier molecular flexibility index (Phi) is 6.99. The van der Waals surface area contributed by atoms with Crippen molar-refractivity contribution < 1.29 is 9.13 Å². The first-order valence-corrected chi connectivity index (χ1v) is 12.8. The quantitative estimate of drug-likeness (QED) is 0.301. The summed E-state index contributed by atoms with van der Waals surface area (Å²) in [6.45, 7) is 3.41. The normalized spacial score (nSPS) is 14.1. The molecule has 5 rings (SSSR count). The molecule has 3 heterocycles. The maximum absolute atomic E-state index is 13.0. The largest absolute Gasteiger partial charge is 0.486 e. The van der Waals surface area contributed by atoms with Crippen molar-refractivity contribution in [2.24, 2.45) is 0 Å². The molecule has 0 unspecified atom stereocenters. The highest BCUT2D eigenvalue weighted by atomic mass is 32.2. The molecule has 0 aliphatic carbocycles. The highest BCUT2D eigenvalue weighted by Gasteiger charge is 2.19. The van der Waals surface area contributed by atoms with Crippen molar-refractivity contribution in [1.29, 1.82) is 0 Å². The Morgan fingerprint density at radius 3 is 2.58 bits per heavy atom. The van der Waals surface area contributed by atoms with Gasteiger partial charge < -0.3 is 4.74 Å². The molecule has 2 aromatic carbocycles. The highest BCUT2D eigenvalue weighted by molar-refractivity contribution is 7.98. The van der Waals surface area contributed by atoms with Gasteiger partial charge in [-0.05, 0) is 62.3 Å². The molecule has 0 amide bonds. The van der Waals surface area contributed by atoms with Gasteiger partial charge in [-0.25, -0.2) is 9.37 Å². The van der Waals surface area contributed by atoms with Crippen LogP contribution in [-0.4, -0.2) is 37.7 Å². The molecule has 1 saturated heterocycles. The summed E-state index contributed by atoms with van der Waals surface area (Å²) in [7, 11) is 0. The Labute approximate surface area is 200 Å². The molecular weight excluding hydrogens is 457 g/mol. The summed E-state index contributed by atoms with van der Waals surface area (Å²) in [5, 5.41) is 12.8. The minimum absolute atomic E-state index is 0.275. The van der Waals surface area contributed by atoms with Crippen molar-refractivity contribution >= 4 is 23.1 Å². The van der Waals surface area contributed by atoms with E-state index in [9.17, 15) is 4.39 Å². The van der Waals surface area contributed by atoms with Crippen LogP contribution in [0.25, 0.3) is 5.69 Å². The molecular formula is C24H24FN5OS2. The van der Waals surface area contributed by atoms with Crippen molar-refractivity contribution in [2.75, 3.05) is 13.1 Å². The fourth-order valence-electron chi connectivity index (χ4n) is 3.77. The Hall–Kier alpha value is -2.75. The molecule has 0 N–H and O–H groups in total. The van der Waals surface area contributed by atoms with E-state index in [0.717, 1.165) is 47.0 Å². The predicted molar refractivity (Wildman–Crippen MR) is 128 cm³/mol. The van der Waals surface area contributed by atoms with Gasteiger partial charge in [-0.2, -0.15) is 0 Å². The number of rotatable bonds is 9. The van der Waals surface area contributed by atoms with Gasteiger partial charge in [0, 0.05) is 16.8 Å². The summed E-state index contributed by atoms with van der Waals surface area (Å²) < 4.78 is 20.9. The number of hydrogen-bond donors (Lipinski definition) is 0. The Balaban J connectivity index is 1.25. The first kappa shape index (κ1) is 22.1. The van der Waals surface area contributed by atoms with Crippen molar-refractivity contribution in [1.82, 2.24) is 24.6 Å². The number of nitrogens with zero attached hydrogens (tertiary/aromatic N) is 5. The summed E-state index contributed by atoms with van der Waals surface area (Å²) >= 11 is 3.20. The van der Waals surface area contributed by atoms with Gasteiger partial charge in [-0.3, -0.25) is 9.47 Å². The second kappa shape index (κ2) is 10.5. The number of benzene rings is 2. The average molecular weight is 482 g/mol. The molecule has 1 aliphatic rings. The second-order valence-corrected chi connectivity index (χ2v) is 9.70. The van der Waals surface area contributed by atoms with Gasteiger partial charge in [0.2, 0.25) is 0 Å². The van der Waals surface area contributed by atoms with E-state index in [4.69, 9.17) is 4.74 Å². The van der Waals surface area contributed by atoms with E-state index in [2.05, 4.69) is 36.8 Å². The molecule has 0 spiro atoms. The van der Waals surface area contributed by atoms with Gasteiger partial charge in [-0.1, -0.05) is 30.0 Å². The summed E-state index contributed by atoms with van der Waals surface area (Å²) in [4.78, 5) is 7.12. The summed E-state index contributed by atoms with van der Waals surface area (Å²) in [5.74, 6) is 2.02. The number of thiazole rings is 1. The standard InChI is InChI=1S/C24H24FN5OS2/c25-18-8-10-21(11-9-18)31-15-23-26-19(16-32-23)17-33-24-28-27-22(14-29-12-4-5-13-29)30(24)20-6-2-1-3-7-20/h1-3,6-11,16H,4-5,12-15,17H2. The lowest BCUT2D eigenvalue weighted by Crippen LogP contribution is -2.21.